The number of anilines is 1. The number of hydrogen-bond acceptors (Lipinski definition) is 5. The second kappa shape index (κ2) is 5.93. The molecule has 1 atom stereocenters. The van der Waals surface area contributed by atoms with Gasteiger partial charge in [0, 0.05) is 60.6 Å². The van der Waals surface area contributed by atoms with E-state index in [1.165, 1.54) is 0 Å². The standard InChI is InChI=1S/C17H18N6O/c1-11(10-24-2)21-17-20-8-14-13(7-19-16(14)22-17)12-3-4-15-18-5-6-23(15)9-12/h3-9,11H,10H2,1-2H3,(H2,19,20,21,22). The van der Waals surface area contributed by atoms with E-state index in [0.717, 1.165) is 27.8 Å². The van der Waals surface area contributed by atoms with Crippen LogP contribution < -0.4 is 5.32 Å². The third-order valence-corrected chi connectivity index (χ3v) is 3.92. The van der Waals surface area contributed by atoms with E-state index < -0.39 is 0 Å². The van der Waals surface area contributed by atoms with E-state index >= 15 is 0 Å². The Morgan fingerprint density at radius 1 is 1.33 bits per heavy atom. The average molecular weight is 322 g/mol. The number of methoxy groups -OCH3 is 1. The molecule has 0 aliphatic rings. The van der Waals surface area contributed by atoms with Crippen LogP contribution in [-0.2, 0) is 4.74 Å². The molecule has 7 nitrogen and oxygen atoms in total. The molecule has 0 aliphatic carbocycles. The van der Waals surface area contributed by atoms with Crippen LogP contribution in [0.25, 0.3) is 27.8 Å². The molecule has 1 unspecified atom stereocenters. The van der Waals surface area contributed by atoms with E-state index in [4.69, 9.17) is 4.74 Å². The summed E-state index contributed by atoms with van der Waals surface area (Å²) in [6.45, 7) is 2.62. The molecule has 122 valence electrons. The van der Waals surface area contributed by atoms with E-state index in [-0.39, 0.29) is 6.04 Å². The van der Waals surface area contributed by atoms with Gasteiger partial charge in [-0.2, -0.15) is 4.98 Å². The Hall–Kier alpha value is -2.93. The fourth-order valence-electron chi connectivity index (χ4n) is 2.81. The Balaban J connectivity index is 1.69. The molecule has 24 heavy (non-hydrogen) atoms. The molecule has 2 N–H and O–H groups in total. The number of rotatable bonds is 5. The molecule has 7 heteroatoms. The average Bonchev–Trinajstić information content (AvgIpc) is 3.20. The van der Waals surface area contributed by atoms with Crippen molar-refractivity contribution in [2.45, 2.75) is 13.0 Å². The molecule has 0 spiro atoms. The SMILES string of the molecule is COCC(C)Nc1ncc2c(-c3ccc4nccn4c3)c[nH]c2n1. The van der Waals surface area contributed by atoms with Crippen molar-refractivity contribution in [2.24, 2.45) is 0 Å². The first kappa shape index (κ1) is 14.6. The van der Waals surface area contributed by atoms with Gasteiger partial charge in [-0.15, -0.1) is 0 Å². The molecule has 0 radical (unpaired) electrons. The zero-order valence-electron chi connectivity index (χ0n) is 13.5. The van der Waals surface area contributed by atoms with Crippen LogP contribution in [0, 0.1) is 0 Å². The van der Waals surface area contributed by atoms with E-state index in [2.05, 4.69) is 37.5 Å². The van der Waals surface area contributed by atoms with Crippen LogP contribution in [0.15, 0.2) is 43.1 Å². The van der Waals surface area contributed by atoms with E-state index in [9.17, 15) is 0 Å². The maximum Gasteiger partial charge on any atom is 0.224 e. The predicted molar refractivity (Wildman–Crippen MR) is 93.0 cm³/mol. The highest BCUT2D eigenvalue weighted by atomic mass is 16.5. The Labute approximate surface area is 138 Å². The lowest BCUT2D eigenvalue weighted by molar-refractivity contribution is 0.190. The van der Waals surface area contributed by atoms with Crippen molar-refractivity contribution in [1.82, 2.24) is 24.3 Å². The lowest BCUT2D eigenvalue weighted by Crippen LogP contribution is -2.22. The first-order valence-electron chi connectivity index (χ1n) is 7.77. The number of fused-ring (bicyclic) bond motifs is 2. The number of imidazole rings is 1. The normalized spacial score (nSPS) is 12.8. The Morgan fingerprint density at radius 2 is 2.25 bits per heavy atom. The summed E-state index contributed by atoms with van der Waals surface area (Å²) in [5.74, 6) is 0.588. The van der Waals surface area contributed by atoms with Crippen LogP contribution in [0.1, 0.15) is 6.92 Å². The summed E-state index contributed by atoms with van der Waals surface area (Å²) < 4.78 is 7.12. The fourth-order valence-corrected chi connectivity index (χ4v) is 2.81. The van der Waals surface area contributed by atoms with Crippen LogP contribution in [0.2, 0.25) is 0 Å². The Kier molecular flexibility index (Phi) is 3.62. The molecule has 0 saturated heterocycles. The van der Waals surface area contributed by atoms with Gasteiger partial charge in [-0.05, 0) is 19.1 Å². The van der Waals surface area contributed by atoms with Crippen molar-refractivity contribution in [3.05, 3.63) is 43.1 Å². The van der Waals surface area contributed by atoms with Crippen molar-refractivity contribution in [2.75, 3.05) is 19.0 Å². The quantitative estimate of drug-likeness (QED) is 0.590. The lowest BCUT2D eigenvalue weighted by atomic mass is 10.1. The summed E-state index contributed by atoms with van der Waals surface area (Å²) in [6, 6.07) is 4.19. The molecule has 0 amide bonds. The van der Waals surface area contributed by atoms with E-state index in [0.29, 0.717) is 12.6 Å². The number of ether oxygens (including phenoxy) is 1. The van der Waals surface area contributed by atoms with Gasteiger partial charge in [0.1, 0.15) is 11.3 Å². The highest BCUT2D eigenvalue weighted by molar-refractivity contribution is 5.93. The van der Waals surface area contributed by atoms with Gasteiger partial charge in [-0.25, -0.2) is 9.97 Å². The van der Waals surface area contributed by atoms with Gasteiger partial charge in [-0.3, -0.25) is 0 Å². The summed E-state index contributed by atoms with van der Waals surface area (Å²) in [5.41, 5.74) is 3.88. The van der Waals surface area contributed by atoms with Gasteiger partial charge in [-0.1, -0.05) is 0 Å². The smallest absolute Gasteiger partial charge is 0.224 e. The second-order valence-corrected chi connectivity index (χ2v) is 5.77. The number of nitrogens with zero attached hydrogens (tertiary/aromatic N) is 4. The molecule has 0 aromatic carbocycles. The third-order valence-electron chi connectivity index (χ3n) is 3.92. The minimum Gasteiger partial charge on any atom is -0.383 e. The van der Waals surface area contributed by atoms with Gasteiger partial charge in [0.15, 0.2) is 0 Å². The number of aromatic amines is 1. The largest absolute Gasteiger partial charge is 0.383 e. The van der Waals surface area contributed by atoms with Gasteiger partial charge >= 0.3 is 0 Å². The summed E-state index contributed by atoms with van der Waals surface area (Å²) >= 11 is 0. The number of H-pyrrole nitrogens is 1. The molecule has 0 saturated carbocycles. The number of pyridine rings is 1. The fraction of sp³-hybridized carbons (Fsp3) is 0.235. The van der Waals surface area contributed by atoms with Gasteiger partial charge in [0.25, 0.3) is 0 Å². The van der Waals surface area contributed by atoms with Crippen LogP contribution in [0.4, 0.5) is 5.95 Å². The molecule has 4 heterocycles. The topological polar surface area (TPSA) is 80.1 Å². The van der Waals surface area contributed by atoms with Crippen LogP contribution in [0.3, 0.4) is 0 Å². The first-order chi connectivity index (χ1) is 11.7. The van der Waals surface area contributed by atoms with Crippen molar-refractivity contribution >= 4 is 22.6 Å². The van der Waals surface area contributed by atoms with Crippen LogP contribution >= 0.6 is 0 Å². The number of nitrogens with one attached hydrogen (secondary N) is 2. The minimum absolute atomic E-state index is 0.144. The molecular formula is C17H18N6O. The molecule has 0 aliphatic heterocycles. The van der Waals surface area contributed by atoms with Crippen molar-refractivity contribution in [1.29, 1.82) is 0 Å². The van der Waals surface area contributed by atoms with E-state index in [1.54, 1.807) is 13.3 Å². The monoisotopic (exact) mass is 322 g/mol. The Morgan fingerprint density at radius 3 is 3.12 bits per heavy atom. The number of aromatic nitrogens is 5. The third kappa shape index (κ3) is 2.59. The van der Waals surface area contributed by atoms with Gasteiger partial charge in [0.2, 0.25) is 5.95 Å². The summed E-state index contributed by atoms with van der Waals surface area (Å²) in [5, 5.41) is 4.21. The zero-order chi connectivity index (χ0) is 16.5. The summed E-state index contributed by atoms with van der Waals surface area (Å²) in [7, 11) is 1.68. The van der Waals surface area contributed by atoms with Crippen molar-refractivity contribution in [3.63, 3.8) is 0 Å². The highest BCUT2D eigenvalue weighted by Gasteiger charge is 2.11. The maximum atomic E-state index is 5.12. The Bertz CT molecular complexity index is 989. The molecule has 4 aromatic heterocycles. The minimum atomic E-state index is 0.144. The first-order valence-corrected chi connectivity index (χ1v) is 7.77. The number of hydrogen-bond donors (Lipinski definition) is 2. The maximum absolute atomic E-state index is 5.12. The van der Waals surface area contributed by atoms with E-state index in [1.807, 2.05) is 36.0 Å². The molecule has 4 aromatic rings. The van der Waals surface area contributed by atoms with Crippen LogP contribution in [0.5, 0.6) is 0 Å². The van der Waals surface area contributed by atoms with Crippen molar-refractivity contribution in [3.8, 4) is 11.1 Å². The zero-order valence-corrected chi connectivity index (χ0v) is 13.5. The lowest BCUT2D eigenvalue weighted by Gasteiger charge is -2.12. The highest BCUT2D eigenvalue weighted by Crippen LogP contribution is 2.28. The van der Waals surface area contributed by atoms with Crippen molar-refractivity contribution < 1.29 is 4.74 Å². The van der Waals surface area contributed by atoms with Gasteiger partial charge < -0.3 is 19.4 Å². The summed E-state index contributed by atoms with van der Waals surface area (Å²) in [6.07, 6.45) is 9.58. The molecular weight excluding hydrogens is 304 g/mol. The molecule has 0 fully saturated rings. The van der Waals surface area contributed by atoms with Crippen LogP contribution in [-0.4, -0.2) is 44.1 Å². The second-order valence-electron chi connectivity index (χ2n) is 5.77. The predicted octanol–water partition coefficient (Wildman–Crippen LogP) is 2.72. The molecule has 4 rings (SSSR count). The molecule has 0 bridgehead atoms. The summed E-state index contributed by atoms with van der Waals surface area (Å²) in [4.78, 5) is 16.5. The van der Waals surface area contributed by atoms with Gasteiger partial charge in [0.05, 0.1) is 6.61 Å².